The van der Waals surface area contributed by atoms with Gasteiger partial charge in [-0.15, -0.1) is 0 Å². The molecule has 1 aliphatic rings. The Kier molecular flexibility index (Phi) is 7.94. The summed E-state index contributed by atoms with van der Waals surface area (Å²) >= 11 is 0. The van der Waals surface area contributed by atoms with Gasteiger partial charge < -0.3 is 14.5 Å². The van der Waals surface area contributed by atoms with Gasteiger partial charge in [0.05, 0.1) is 24.1 Å². The van der Waals surface area contributed by atoms with E-state index >= 15 is 0 Å². The van der Waals surface area contributed by atoms with Crippen LogP contribution in [0.4, 0.5) is 5.69 Å². The minimum atomic E-state index is -0.491. The van der Waals surface area contributed by atoms with Gasteiger partial charge in [-0.2, -0.15) is 0 Å². The number of nitro groups is 1. The van der Waals surface area contributed by atoms with E-state index in [1.54, 1.807) is 4.90 Å². The maximum absolute atomic E-state index is 13.0. The average Bonchev–Trinajstić information content (AvgIpc) is 2.79. The van der Waals surface area contributed by atoms with Gasteiger partial charge in [0, 0.05) is 43.9 Å². The lowest BCUT2D eigenvalue weighted by Gasteiger charge is -2.36. The Labute approximate surface area is 187 Å². The van der Waals surface area contributed by atoms with Crippen LogP contribution in [0.5, 0.6) is 0 Å². The minimum absolute atomic E-state index is 0.0346. The van der Waals surface area contributed by atoms with Gasteiger partial charge in [0.2, 0.25) is 5.91 Å². The molecule has 0 spiro atoms. The summed E-state index contributed by atoms with van der Waals surface area (Å²) in [6, 6.07) is 15.2. The SMILES string of the molecule is CC(C)CN(CC1CN(C(=O)c2ccc([N+](=O)[O-])cc2)CCO1)C(=O)Cc1ccccc1. The predicted octanol–water partition coefficient (Wildman–Crippen LogP) is 3.16. The second kappa shape index (κ2) is 10.9. The molecule has 2 aromatic rings. The molecule has 2 aromatic carbocycles. The van der Waals surface area contributed by atoms with Crippen LogP contribution < -0.4 is 0 Å². The molecule has 2 amide bonds. The number of hydrogen-bond acceptors (Lipinski definition) is 5. The Morgan fingerprint density at radius 1 is 1.16 bits per heavy atom. The first-order valence-electron chi connectivity index (χ1n) is 10.8. The van der Waals surface area contributed by atoms with Crippen molar-refractivity contribution in [2.45, 2.75) is 26.4 Å². The first kappa shape index (κ1) is 23.4. The predicted molar refractivity (Wildman–Crippen MR) is 120 cm³/mol. The van der Waals surface area contributed by atoms with E-state index < -0.39 is 4.92 Å². The molecule has 1 fully saturated rings. The van der Waals surface area contributed by atoms with Crippen LogP contribution in [-0.4, -0.2) is 65.4 Å². The van der Waals surface area contributed by atoms with Gasteiger partial charge in [-0.3, -0.25) is 19.7 Å². The third kappa shape index (κ3) is 6.37. The van der Waals surface area contributed by atoms with Crippen molar-refractivity contribution in [2.24, 2.45) is 5.92 Å². The molecule has 1 unspecified atom stereocenters. The number of rotatable bonds is 8. The lowest BCUT2D eigenvalue weighted by Crippen LogP contribution is -2.51. The molecular formula is C24H29N3O5. The molecule has 3 rings (SSSR count). The number of non-ortho nitro benzene ring substituents is 1. The van der Waals surface area contributed by atoms with Gasteiger partial charge in [-0.1, -0.05) is 44.2 Å². The topological polar surface area (TPSA) is 93.0 Å². The maximum atomic E-state index is 13.0. The number of morpholine rings is 1. The van der Waals surface area contributed by atoms with E-state index in [0.29, 0.717) is 50.7 Å². The van der Waals surface area contributed by atoms with Gasteiger partial charge >= 0.3 is 0 Å². The Morgan fingerprint density at radius 3 is 2.47 bits per heavy atom. The van der Waals surface area contributed by atoms with E-state index in [2.05, 4.69) is 13.8 Å². The van der Waals surface area contributed by atoms with Gasteiger partial charge in [0.15, 0.2) is 0 Å². The first-order chi connectivity index (χ1) is 15.3. The molecule has 0 saturated carbocycles. The second-order valence-electron chi connectivity index (χ2n) is 8.40. The molecule has 170 valence electrons. The van der Waals surface area contributed by atoms with Crippen molar-refractivity contribution in [3.63, 3.8) is 0 Å². The maximum Gasteiger partial charge on any atom is 0.269 e. The van der Waals surface area contributed by atoms with Gasteiger partial charge in [0.1, 0.15) is 0 Å². The molecular weight excluding hydrogens is 410 g/mol. The Bertz CT molecular complexity index is 930. The van der Waals surface area contributed by atoms with E-state index in [-0.39, 0.29) is 23.6 Å². The Balaban J connectivity index is 1.64. The molecule has 32 heavy (non-hydrogen) atoms. The van der Waals surface area contributed by atoms with E-state index in [1.165, 1.54) is 24.3 Å². The second-order valence-corrected chi connectivity index (χ2v) is 8.40. The number of nitrogens with zero attached hydrogens (tertiary/aromatic N) is 3. The molecule has 0 radical (unpaired) electrons. The molecule has 0 aliphatic carbocycles. The molecule has 8 heteroatoms. The average molecular weight is 440 g/mol. The first-order valence-corrected chi connectivity index (χ1v) is 10.8. The highest BCUT2D eigenvalue weighted by Gasteiger charge is 2.28. The zero-order valence-electron chi connectivity index (χ0n) is 18.5. The normalized spacial score (nSPS) is 16.1. The van der Waals surface area contributed by atoms with Crippen LogP contribution in [-0.2, 0) is 16.0 Å². The van der Waals surface area contributed by atoms with Crippen molar-refractivity contribution < 1.29 is 19.2 Å². The summed E-state index contributed by atoms with van der Waals surface area (Å²) in [4.78, 5) is 39.7. The molecule has 1 heterocycles. The van der Waals surface area contributed by atoms with Crippen LogP contribution in [0.2, 0.25) is 0 Å². The zero-order valence-corrected chi connectivity index (χ0v) is 18.5. The Hall–Kier alpha value is -3.26. The number of carbonyl (C=O) groups excluding carboxylic acids is 2. The summed E-state index contributed by atoms with van der Waals surface area (Å²) < 4.78 is 5.88. The van der Waals surface area contributed by atoms with Crippen LogP contribution in [0.15, 0.2) is 54.6 Å². The van der Waals surface area contributed by atoms with E-state index in [0.717, 1.165) is 5.56 Å². The summed E-state index contributed by atoms with van der Waals surface area (Å²) in [5.74, 6) is 0.141. The van der Waals surface area contributed by atoms with E-state index in [4.69, 9.17) is 4.74 Å². The van der Waals surface area contributed by atoms with Crippen molar-refractivity contribution in [1.29, 1.82) is 0 Å². The van der Waals surface area contributed by atoms with Crippen LogP contribution in [0.25, 0.3) is 0 Å². The molecule has 8 nitrogen and oxygen atoms in total. The van der Waals surface area contributed by atoms with Crippen molar-refractivity contribution >= 4 is 17.5 Å². The standard InChI is InChI=1S/C24H29N3O5/c1-18(2)15-26(23(28)14-19-6-4-3-5-7-19)17-22-16-25(12-13-32-22)24(29)20-8-10-21(11-9-20)27(30)31/h3-11,18,22H,12-17H2,1-2H3. The van der Waals surface area contributed by atoms with Crippen LogP contribution >= 0.6 is 0 Å². The van der Waals surface area contributed by atoms with Crippen LogP contribution in [0, 0.1) is 16.0 Å². The van der Waals surface area contributed by atoms with Gasteiger partial charge in [0.25, 0.3) is 11.6 Å². The Morgan fingerprint density at radius 2 is 1.84 bits per heavy atom. The number of amides is 2. The molecule has 0 bridgehead atoms. The summed E-state index contributed by atoms with van der Waals surface area (Å²) in [6.45, 7) is 6.34. The third-order valence-electron chi connectivity index (χ3n) is 5.31. The quantitative estimate of drug-likeness (QED) is 0.465. The molecule has 1 aliphatic heterocycles. The number of ether oxygens (including phenoxy) is 1. The molecule has 0 N–H and O–H groups in total. The highest BCUT2D eigenvalue weighted by molar-refractivity contribution is 5.94. The monoisotopic (exact) mass is 439 g/mol. The number of benzene rings is 2. The lowest BCUT2D eigenvalue weighted by atomic mass is 10.1. The summed E-state index contributed by atoms with van der Waals surface area (Å²) in [7, 11) is 0. The largest absolute Gasteiger partial charge is 0.373 e. The molecule has 1 atom stereocenters. The number of hydrogen-bond donors (Lipinski definition) is 0. The van der Waals surface area contributed by atoms with Gasteiger partial charge in [-0.05, 0) is 23.6 Å². The van der Waals surface area contributed by atoms with E-state index in [9.17, 15) is 19.7 Å². The van der Waals surface area contributed by atoms with Crippen molar-refractivity contribution in [2.75, 3.05) is 32.8 Å². The lowest BCUT2D eigenvalue weighted by molar-refractivity contribution is -0.384. The fourth-order valence-electron chi connectivity index (χ4n) is 3.77. The van der Waals surface area contributed by atoms with Gasteiger partial charge in [-0.25, -0.2) is 0 Å². The van der Waals surface area contributed by atoms with E-state index in [1.807, 2.05) is 35.2 Å². The van der Waals surface area contributed by atoms with Crippen LogP contribution in [0.1, 0.15) is 29.8 Å². The summed E-state index contributed by atoms with van der Waals surface area (Å²) in [5.41, 5.74) is 1.31. The van der Waals surface area contributed by atoms with Crippen molar-refractivity contribution in [3.05, 3.63) is 75.8 Å². The summed E-state index contributed by atoms with van der Waals surface area (Å²) in [5, 5.41) is 10.8. The van der Waals surface area contributed by atoms with Crippen LogP contribution in [0.3, 0.4) is 0 Å². The number of nitro benzene ring substituents is 1. The zero-order chi connectivity index (χ0) is 23.1. The molecule has 0 aromatic heterocycles. The fraction of sp³-hybridized carbons (Fsp3) is 0.417. The highest BCUT2D eigenvalue weighted by Crippen LogP contribution is 2.17. The fourth-order valence-corrected chi connectivity index (χ4v) is 3.77. The molecule has 1 saturated heterocycles. The number of carbonyl (C=O) groups is 2. The smallest absolute Gasteiger partial charge is 0.269 e. The van der Waals surface area contributed by atoms with Crippen molar-refractivity contribution in [1.82, 2.24) is 9.80 Å². The highest BCUT2D eigenvalue weighted by atomic mass is 16.6. The minimum Gasteiger partial charge on any atom is -0.373 e. The third-order valence-corrected chi connectivity index (χ3v) is 5.31. The van der Waals surface area contributed by atoms with Crippen molar-refractivity contribution in [3.8, 4) is 0 Å². The summed E-state index contributed by atoms with van der Waals surface area (Å²) in [6.07, 6.45) is 0.0374.